The largest absolute Gasteiger partial charge is 0.493 e. The molecule has 2 rings (SSSR count). The fraction of sp³-hybridized carbons (Fsp3) is 0.267. The molecular weight excluding hydrogens is 356 g/mol. The quantitative estimate of drug-likeness (QED) is 0.789. The molecule has 0 fully saturated rings. The lowest BCUT2D eigenvalue weighted by Crippen LogP contribution is -2.03. The number of aryl methyl sites for hydroxylation is 1. The topological polar surface area (TPSA) is 43.4 Å². The van der Waals surface area contributed by atoms with Gasteiger partial charge in [0.15, 0.2) is 11.5 Å². The molecule has 112 valence electrons. The van der Waals surface area contributed by atoms with Crippen LogP contribution in [0.2, 0.25) is 5.02 Å². The Morgan fingerprint density at radius 3 is 2.62 bits per heavy atom. The molecule has 2 aromatic rings. The van der Waals surface area contributed by atoms with E-state index in [2.05, 4.69) is 26.2 Å². The molecule has 0 atom stereocenters. The van der Waals surface area contributed by atoms with Crippen LogP contribution in [-0.4, -0.2) is 19.2 Å². The zero-order valence-corrected chi connectivity index (χ0v) is 14.4. The van der Waals surface area contributed by atoms with Crippen LogP contribution >= 0.6 is 27.5 Å². The number of hydrogen-bond acceptors (Lipinski definition) is 4. The summed E-state index contributed by atoms with van der Waals surface area (Å²) < 4.78 is 11.3. The summed E-state index contributed by atoms with van der Waals surface area (Å²) in [4.78, 5) is 4.35. The molecule has 0 aliphatic heterocycles. The molecule has 0 aliphatic rings. The van der Waals surface area contributed by atoms with Crippen molar-refractivity contribution in [2.24, 2.45) is 0 Å². The van der Waals surface area contributed by atoms with Crippen LogP contribution in [0.5, 0.6) is 11.5 Å². The maximum absolute atomic E-state index is 6.20. The lowest BCUT2D eigenvalue weighted by atomic mass is 10.2. The molecule has 1 heterocycles. The molecule has 1 aromatic heterocycles. The van der Waals surface area contributed by atoms with E-state index in [4.69, 9.17) is 21.1 Å². The van der Waals surface area contributed by atoms with Crippen molar-refractivity contribution < 1.29 is 9.47 Å². The van der Waals surface area contributed by atoms with Crippen molar-refractivity contribution in [1.29, 1.82) is 0 Å². The van der Waals surface area contributed by atoms with Crippen LogP contribution in [0.1, 0.15) is 11.3 Å². The zero-order valence-electron chi connectivity index (χ0n) is 12.0. The molecule has 1 N–H and O–H groups in total. The molecule has 0 aliphatic carbocycles. The predicted molar refractivity (Wildman–Crippen MR) is 88.6 cm³/mol. The highest BCUT2D eigenvalue weighted by Crippen LogP contribution is 2.36. The summed E-state index contributed by atoms with van der Waals surface area (Å²) in [5, 5.41) is 3.86. The Bertz CT molecular complexity index is 650. The van der Waals surface area contributed by atoms with E-state index in [1.165, 1.54) is 0 Å². The fourth-order valence-electron chi connectivity index (χ4n) is 1.99. The van der Waals surface area contributed by atoms with E-state index < -0.39 is 0 Å². The van der Waals surface area contributed by atoms with E-state index >= 15 is 0 Å². The van der Waals surface area contributed by atoms with E-state index in [9.17, 15) is 0 Å². The van der Waals surface area contributed by atoms with Crippen LogP contribution in [0.4, 0.5) is 5.69 Å². The van der Waals surface area contributed by atoms with Gasteiger partial charge in [-0.1, -0.05) is 11.6 Å². The number of halogens is 2. The van der Waals surface area contributed by atoms with Crippen LogP contribution in [0.3, 0.4) is 0 Å². The average molecular weight is 372 g/mol. The number of anilines is 1. The third-order valence-corrected chi connectivity index (χ3v) is 3.75. The summed E-state index contributed by atoms with van der Waals surface area (Å²) in [5.74, 6) is 1.16. The summed E-state index contributed by atoms with van der Waals surface area (Å²) in [7, 11) is 3.16. The number of methoxy groups -OCH3 is 2. The first-order chi connectivity index (χ1) is 10.0. The van der Waals surface area contributed by atoms with E-state index in [0.29, 0.717) is 23.1 Å². The Kier molecular flexibility index (Phi) is 5.31. The molecule has 0 spiro atoms. The third kappa shape index (κ3) is 3.80. The molecule has 0 amide bonds. The van der Waals surface area contributed by atoms with Gasteiger partial charge in [0.25, 0.3) is 0 Å². The van der Waals surface area contributed by atoms with Gasteiger partial charge in [-0.05, 0) is 52.7 Å². The minimum atomic E-state index is 0.527. The van der Waals surface area contributed by atoms with E-state index in [0.717, 1.165) is 21.5 Å². The van der Waals surface area contributed by atoms with Crippen molar-refractivity contribution in [3.8, 4) is 11.5 Å². The maximum atomic E-state index is 6.20. The molecule has 0 radical (unpaired) electrons. The first-order valence-electron chi connectivity index (χ1n) is 6.32. The molecule has 0 saturated heterocycles. The summed E-state index contributed by atoms with van der Waals surface area (Å²) in [6.45, 7) is 2.57. The molecule has 0 unspecified atom stereocenters. The second kappa shape index (κ2) is 7.00. The summed E-state index contributed by atoms with van der Waals surface area (Å²) >= 11 is 9.55. The van der Waals surface area contributed by atoms with Gasteiger partial charge in [-0.2, -0.15) is 0 Å². The van der Waals surface area contributed by atoms with E-state index in [1.807, 2.05) is 31.2 Å². The Hall–Kier alpha value is -1.46. The van der Waals surface area contributed by atoms with Gasteiger partial charge in [0.2, 0.25) is 0 Å². The standard InChI is InChI=1S/C15H16BrClN2O2/c1-9-12(4-5-14(16)19-9)18-8-10-6-11(17)15(21-3)13(7-10)20-2/h4-7,18H,8H2,1-3H3. The Labute approximate surface area is 137 Å². The van der Waals surface area contributed by atoms with Crippen LogP contribution in [0.15, 0.2) is 28.9 Å². The number of pyridine rings is 1. The Morgan fingerprint density at radius 1 is 1.24 bits per heavy atom. The number of benzene rings is 1. The fourth-order valence-corrected chi connectivity index (χ4v) is 2.70. The van der Waals surface area contributed by atoms with E-state index in [-0.39, 0.29) is 0 Å². The second-order valence-corrected chi connectivity index (χ2v) is 5.65. The first kappa shape index (κ1) is 15.9. The molecule has 21 heavy (non-hydrogen) atoms. The molecule has 1 aromatic carbocycles. The lowest BCUT2D eigenvalue weighted by Gasteiger charge is -2.13. The zero-order chi connectivity index (χ0) is 15.4. The SMILES string of the molecule is COc1cc(CNc2ccc(Br)nc2C)cc(Cl)c1OC. The number of hydrogen-bond donors (Lipinski definition) is 1. The van der Waals surface area contributed by atoms with Crippen molar-refractivity contribution in [3.05, 3.63) is 45.1 Å². The molecule has 4 nitrogen and oxygen atoms in total. The molecule has 0 bridgehead atoms. The van der Waals surface area contributed by atoms with Crippen LogP contribution in [0, 0.1) is 6.92 Å². The predicted octanol–water partition coefficient (Wildman–Crippen LogP) is 4.44. The molecule has 6 heteroatoms. The lowest BCUT2D eigenvalue weighted by molar-refractivity contribution is 0.355. The number of aromatic nitrogens is 1. The highest BCUT2D eigenvalue weighted by Gasteiger charge is 2.11. The van der Waals surface area contributed by atoms with Gasteiger partial charge < -0.3 is 14.8 Å². The van der Waals surface area contributed by atoms with E-state index in [1.54, 1.807) is 14.2 Å². The summed E-state index contributed by atoms with van der Waals surface area (Å²) in [6.07, 6.45) is 0. The monoisotopic (exact) mass is 370 g/mol. The van der Waals surface area contributed by atoms with Gasteiger partial charge in [-0.3, -0.25) is 0 Å². The van der Waals surface area contributed by atoms with Crippen molar-refractivity contribution in [1.82, 2.24) is 4.98 Å². The molecular formula is C15H16BrClN2O2. The number of nitrogens with zero attached hydrogens (tertiary/aromatic N) is 1. The number of ether oxygens (including phenoxy) is 2. The highest BCUT2D eigenvalue weighted by molar-refractivity contribution is 9.10. The summed E-state index contributed by atoms with van der Waals surface area (Å²) in [5.41, 5.74) is 2.90. The van der Waals surface area contributed by atoms with Crippen molar-refractivity contribution in [2.75, 3.05) is 19.5 Å². The van der Waals surface area contributed by atoms with Gasteiger partial charge in [-0.25, -0.2) is 4.98 Å². The van der Waals surface area contributed by atoms with Crippen LogP contribution in [0.25, 0.3) is 0 Å². The van der Waals surface area contributed by atoms with Gasteiger partial charge in [0.1, 0.15) is 4.60 Å². The Morgan fingerprint density at radius 2 is 2.00 bits per heavy atom. The minimum Gasteiger partial charge on any atom is -0.493 e. The third-order valence-electron chi connectivity index (χ3n) is 3.03. The average Bonchev–Trinajstić information content (AvgIpc) is 2.45. The normalized spacial score (nSPS) is 10.3. The van der Waals surface area contributed by atoms with Gasteiger partial charge in [0.05, 0.1) is 30.6 Å². The van der Waals surface area contributed by atoms with Crippen LogP contribution < -0.4 is 14.8 Å². The number of nitrogens with one attached hydrogen (secondary N) is 1. The van der Waals surface area contributed by atoms with Crippen molar-refractivity contribution in [2.45, 2.75) is 13.5 Å². The van der Waals surface area contributed by atoms with Gasteiger partial charge in [0, 0.05) is 6.54 Å². The highest BCUT2D eigenvalue weighted by atomic mass is 79.9. The van der Waals surface area contributed by atoms with Gasteiger partial charge >= 0.3 is 0 Å². The maximum Gasteiger partial charge on any atom is 0.179 e. The van der Waals surface area contributed by atoms with Crippen molar-refractivity contribution >= 4 is 33.2 Å². The smallest absolute Gasteiger partial charge is 0.179 e. The Balaban J connectivity index is 2.18. The van der Waals surface area contributed by atoms with Crippen molar-refractivity contribution in [3.63, 3.8) is 0 Å². The summed E-state index contributed by atoms with van der Waals surface area (Å²) in [6, 6.07) is 7.64. The number of rotatable bonds is 5. The van der Waals surface area contributed by atoms with Gasteiger partial charge in [-0.15, -0.1) is 0 Å². The first-order valence-corrected chi connectivity index (χ1v) is 7.49. The molecule has 0 saturated carbocycles. The second-order valence-electron chi connectivity index (χ2n) is 4.43. The van der Waals surface area contributed by atoms with Crippen LogP contribution in [-0.2, 0) is 6.54 Å². The minimum absolute atomic E-state index is 0.527.